The predicted octanol–water partition coefficient (Wildman–Crippen LogP) is -9.94. The number of aromatic hydroxyl groups is 1. The summed E-state index contributed by atoms with van der Waals surface area (Å²) >= 11 is 0. The first kappa shape index (κ1) is 126. The molecule has 2 aromatic carbocycles. The first-order valence-electron chi connectivity index (χ1n) is 38.3. The van der Waals surface area contributed by atoms with Crippen molar-refractivity contribution in [3.05, 3.63) is 96.1 Å². The molecule has 0 spiro atoms. The van der Waals surface area contributed by atoms with E-state index in [2.05, 4.69) is 47.9 Å². The van der Waals surface area contributed by atoms with E-state index in [1.165, 1.54) is 55.3 Å². The average molecular weight is 1920 g/mol. The van der Waals surface area contributed by atoms with Gasteiger partial charge >= 0.3 is 172 Å². The number of fused-ring (bicyclic) bond motifs is 21. The van der Waals surface area contributed by atoms with Gasteiger partial charge in [0.2, 0.25) is 53.2 Å². The summed E-state index contributed by atoms with van der Waals surface area (Å²) in [6.07, 6.45) is 10.4. The van der Waals surface area contributed by atoms with Crippen LogP contribution >= 0.6 is 64.8 Å². The second kappa shape index (κ2) is 67.8. The molecule has 29 nitrogen and oxygen atoms in total. The van der Waals surface area contributed by atoms with E-state index in [1.54, 1.807) is 83.3 Å². The van der Waals surface area contributed by atoms with Crippen LogP contribution in [-0.2, 0) is 99.0 Å². The number of Topliss-reactive ketones (excluding diaryl/α,β-unsaturated/α-hetero) is 3. The van der Waals surface area contributed by atoms with Crippen molar-refractivity contribution in [2.24, 2.45) is 41.4 Å². The van der Waals surface area contributed by atoms with Crippen molar-refractivity contribution >= 4 is 153 Å². The van der Waals surface area contributed by atoms with Gasteiger partial charge in [-0.05, 0) is 103 Å². The Bertz CT molecular complexity index is 3780. The van der Waals surface area contributed by atoms with Gasteiger partial charge in [-0.3, -0.25) is 71.9 Å². The zero-order valence-corrected chi connectivity index (χ0v) is 84.2. The topological polar surface area (TPSA) is 421 Å². The van der Waals surface area contributed by atoms with Crippen LogP contribution < -0.4 is 221 Å². The summed E-state index contributed by atoms with van der Waals surface area (Å²) in [5.74, 6) is -5.92. The van der Waals surface area contributed by atoms with E-state index in [-0.39, 0.29) is 313 Å². The molecule has 2 aromatic rings. The Labute approximate surface area is 872 Å². The summed E-state index contributed by atoms with van der Waals surface area (Å²) < 4.78 is 21.7. The number of methoxy groups -OCH3 is 1. The third-order valence-electron chi connectivity index (χ3n) is 18.7. The quantitative estimate of drug-likeness (QED) is 0.0347. The summed E-state index contributed by atoms with van der Waals surface area (Å²) in [5, 5.41) is 33.9. The van der Waals surface area contributed by atoms with Crippen LogP contribution in [0.3, 0.4) is 0 Å². The molecule has 6 bridgehead atoms. The smallest absolute Gasteiger partial charge is 1.00 e. The third kappa shape index (κ3) is 47.9. The number of phenolic OH excluding ortho intramolecular Hbond substituents is 1. The predicted molar refractivity (Wildman–Crippen MR) is 462 cm³/mol. The Morgan fingerprint density at radius 2 is 0.667 bits per heavy atom. The number of nitrogens with one attached hydrogen (secondary N) is 9. The van der Waals surface area contributed by atoms with Gasteiger partial charge in [-0.25, -0.2) is 0 Å². The molecule has 41 heteroatoms. The summed E-state index contributed by atoms with van der Waals surface area (Å²) in [5.41, 5.74) is 1.43. The minimum atomic E-state index is -1.06. The first-order valence-corrected chi connectivity index (χ1v) is 45.7. The fraction of sp³-hybridized carbons (Fsp3) is 0.598. The number of rotatable bonds is 10. The Kier molecular flexibility index (Phi) is 69.5. The van der Waals surface area contributed by atoms with Gasteiger partial charge in [-0.2, -0.15) is 0 Å². The number of hydrogen-bond acceptors (Lipinski definition) is 26. The van der Waals surface area contributed by atoms with Crippen molar-refractivity contribution in [3.8, 4) is 11.5 Å². The molecule has 123 heavy (non-hydrogen) atoms. The number of carbonyl (C=O) groups is 15. The average Bonchev–Trinajstić information content (AvgIpc) is 1.88. The van der Waals surface area contributed by atoms with E-state index in [0.29, 0.717) is 54.3 Å². The Morgan fingerprint density at radius 1 is 0.382 bits per heavy atom. The monoisotopic (exact) mass is 1920 g/mol. The van der Waals surface area contributed by atoms with Crippen molar-refractivity contribution in [1.29, 1.82) is 0 Å². The van der Waals surface area contributed by atoms with E-state index >= 15 is 0 Å². The Balaban J connectivity index is -0.000000835. The molecular weight excluding hydrogens is 1800 g/mol. The Hall–Kier alpha value is -3.29. The van der Waals surface area contributed by atoms with Gasteiger partial charge in [0.05, 0.1) is 7.11 Å². The molecule has 3 fully saturated rings. The van der Waals surface area contributed by atoms with Gasteiger partial charge < -0.3 is 86.0 Å². The van der Waals surface area contributed by atoms with Crippen molar-refractivity contribution in [2.75, 3.05) is 61.3 Å². The maximum atomic E-state index is 13.5. The SMILES string of the molecule is C.C.C.CC(C)C[C@@H]1NC(=O)[C@H]2CSSCC/C=C/C(CC(=O)C[C@H](C(C)C)C(=O)N2)OC(=O)CNC1=O.CC(C)[C@H]1CC(=O)CC2/C=C/CCSSC[C@@H](NC1=O)C(=O)N[C@H](Cc1ccc(O)cc1)C(=O)NCC(=O)O2.COc1ccc(C[C@H]2NC(=O)[C@H]3CSSCC/C=C/C(CC(=O)C[C@H](C(C)C)C(=O)N3)OC(=O)CNC2=O)cc1.[F-].[F-].[F-].[K+].[K+].[K+]. The molecule has 8 rings (SSSR count). The molecule has 10 N–H and O–H groups in total. The van der Waals surface area contributed by atoms with Crippen LogP contribution in [0.15, 0.2) is 85.0 Å². The Morgan fingerprint density at radius 3 is 0.951 bits per heavy atom. The van der Waals surface area contributed by atoms with Crippen LogP contribution in [0, 0.1) is 41.4 Å². The zero-order chi connectivity index (χ0) is 83.4. The van der Waals surface area contributed by atoms with E-state index in [1.807, 2.05) is 73.6 Å². The number of hydrogen-bond donors (Lipinski definition) is 10. The number of ketones is 3. The molecule has 12 atom stereocenters. The number of phenols is 1. The van der Waals surface area contributed by atoms with Gasteiger partial charge in [0.1, 0.15) is 103 Å². The van der Waals surface area contributed by atoms with Crippen LogP contribution in [0.1, 0.15) is 153 Å². The number of benzene rings is 2. The van der Waals surface area contributed by atoms with Crippen LogP contribution in [0.4, 0.5) is 0 Å². The van der Waals surface area contributed by atoms with Crippen molar-refractivity contribution in [3.63, 3.8) is 0 Å². The van der Waals surface area contributed by atoms with Gasteiger partial charge in [0, 0.05) is 104 Å². The van der Waals surface area contributed by atoms with Crippen LogP contribution in [0.25, 0.3) is 0 Å². The van der Waals surface area contributed by atoms with Crippen LogP contribution in [-0.4, -0.2) is 209 Å². The second-order valence-corrected chi connectivity index (χ2v) is 37.4. The van der Waals surface area contributed by atoms with Crippen molar-refractivity contribution in [1.82, 2.24) is 47.9 Å². The molecular formula is C82H121F3K3N9O20S6. The standard InChI is InChI=1S/C28H37N3O7S2.C27H35N3O7S2.C24H37N3O6S2.3CH4.3FH.3K/c1-17(2)22-14-19(32)13-21-6-4-5-11-39-40-16-24(31-26(22)34)28(36)30-23(27(35)29-15-25(33)38-21)12-18-7-9-20(37-3)10-8-18;1-16(2)21-13-19(32)12-20-5-3-4-10-38-39-15-23(30-25(21)34)27(36)29-22(26(35)28-14-24(33)37-20)11-17-6-8-18(31)9-7-17;1-14(2)9-19-23(31)25-12-21(29)33-17-7-5-6-8-34-35-13-20(24(32)26-19)27-22(30)18(15(3)4)11-16(28)10-17;;;;;;;;;/h4,6-10,17,21-24H,5,11-16H2,1-3H3,(H,29,35)(H,30,36)(H,31,34);3,5-9,16,20-23,31H,4,10-15H2,1-2H3,(H,28,35)(H,29,36)(H,30,34);5,7,14-15,17-20H,6,8-13H2,1-4H3,(H,25,31)(H,26,32)(H,27,30);3*1H4;3*1H;;;/q;;;;;;;;;3*+1/p-3/b6-4+;5-3+;7-5+;;;;;;;;;/t21?,22-,23-,24-;20?,21-,22-,23-;17?,18-,19+,20-;;;;;;;;;/m111........./s1. The van der Waals surface area contributed by atoms with E-state index < -0.39 is 151 Å². The molecule has 6 aliphatic heterocycles. The van der Waals surface area contributed by atoms with Gasteiger partial charge in [0.15, 0.2) is 0 Å². The summed E-state index contributed by atoms with van der Waals surface area (Å²) in [4.78, 5) is 196. The fourth-order valence-electron chi connectivity index (χ4n) is 12.3. The largest absolute Gasteiger partial charge is 1.00 e. The van der Waals surface area contributed by atoms with Gasteiger partial charge in [-0.15, -0.1) is 0 Å². The number of halogens is 3. The first-order chi connectivity index (χ1) is 54.3. The maximum absolute atomic E-state index is 13.5. The molecule has 0 aliphatic carbocycles. The number of esters is 3. The number of ether oxygens (including phenoxy) is 4. The zero-order valence-electron chi connectivity index (χ0n) is 70.0. The summed E-state index contributed by atoms with van der Waals surface area (Å²) in [6, 6.07) is 7.58. The van der Waals surface area contributed by atoms with Gasteiger partial charge in [-0.1, -0.05) is 185 Å². The van der Waals surface area contributed by atoms with E-state index in [4.69, 9.17) is 18.9 Å². The molecule has 3 unspecified atom stereocenters. The normalized spacial score (nSPS) is 25.6. The number of carbonyl (C=O) groups excluding carboxylic acids is 15. The second-order valence-electron chi connectivity index (χ2n) is 29.5. The molecule has 674 valence electrons. The minimum absolute atomic E-state index is 0. The molecule has 0 aromatic heterocycles. The van der Waals surface area contributed by atoms with Gasteiger partial charge in [0.25, 0.3) is 0 Å². The third-order valence-corrected chi connectivity index (χ3v) is 26.1. The number of amides is 9. The molecule has 0 saturated carbocycles. The number of allylic oxidation sites excluding steroid dienone is 3. The van der Waals surface area contributed by atoms with E-state index in [0.717, 1.165) is 11.3 Å². The molecule has 0 radical (unpaired) electrons. The molecule has 9 amide bonds. The maximum Gasteiger partial charge on any atom is 1.00 e. The van der Waals surface area contributed by atoms with E-state index in [9.17, 15) is 77.0 Å². The summed E-state index contributed by atoms with van der Waals surface area (Å²) in [7, 11) is 10.5. The molecule has 6 aliphatic rings. The van der Waals surface area contributed by atoms with Crippen molar-refractivity contribution in [2.45, 2.75) is 209 Å². The van der Waals surface area contributed by atoms with Crippen LogP contribution in [0.5, 0.6) is 11.5 Å². The fourth-order valence-corrected chi connectivity index (χ4v) is 18.8. The van der Waals surface area contributed by atoms with Crippen LogP contribution in [0.2, 0.25) is 0 Å². The summed E-state index contributed by atoms with van der Waals surface area (Å²) in [6.45, 7) is 13.7. The molecule has 6 heterocycles. The molecule has 3 saturated heterocycles. The minimum Gasteiger partial charge on any atom is -1.00 e. The van der Waals surface area contributed by atoms with Crippen molar-refractivity contribution < 1.29 is 264 Å².